The Balaban J connectivity index is 0.000000505. The fourth-order valence-electron chi connectivity index (χ4n) is 3.60. The van der Waals surface area contributed by atoms with Crippen molar-refractivity contribution >= 4 is 34.9 Å². The maximum Gasteiger partial charge on any atom is 0.490 e. The highest BCUT2D eigenvalue weighted by atomic mass is 35.5. The lowest BCUT2D eigenvalue weighted by molar-refractivity contribution is -0.192. The van der Waals surface area contributed by atoms with Gasteiger partial charge in [-0.15, -0.1) is 10.2 Å². The Labute approximate surface area is 224 Å². The standard InChI is InChI=1S/C21H24ClN5O3S.C2HF3O2/c1-12(2)30-18-5-4-14(10-16(18)22)20-23-24-21(31-20)27-13(3)15-11-26(9-7-19(28)29)8-6-17(15)25-27;3-2(4,5)1(6)7/h4-5,10,12H,6-9,11H2,1-3H3,(H,28,29);(H,6,7). The van der Waals surface area contributed by atoms with Crippen molar-refractivity contribution in [3.8, 4) is 21.5 Å². The lowest BCUT2D eigenvalue weighted by atomic mass is 10.1. The molecular weight excluding hydrogens is 551 g/mol. The van der Waals surface area contributed by atoms with Crippen LogP contribution in [-0.4, -0.2) is 72.4 Å². The molecule has 0 saturated carbocycles. The zero-order chi connectivity index (χ0) is 28.2. The van der Waals surface area contributed by atoms with E-state index in [0.29, 0.717) is 29.0 Å². The molecule has 3 aromatic rings. The van der Waals surface area contributed by atoms with Gasteiger partial charge in [-0.3, -0.25) is 9.69 Å². The molecule has 0 bridgehead atoms. The van der Waals surface area contributed by atoms with E-state index in [0.717, 1.165) is 40.5 Å². The summed E-state index contributed by atoms with van der Waals surface area (Å²) in [5.74, 6) is -2.88. The van der Waals surface area contributed by atoms with Gasteiger partial charge < -0.3 is 14.9 Å². The number of nitrogens with zero attached hydrogens (tertiary/aromatic N) is 5. The molecule has 0 spiro atoms. The van der Waals surface area contributed by atoms with Crippen LogP contribution < -0.4 is 4.74 Å². The Morgan fingerprint density at radius 1 is 1.24 bits per heavy atom. The van der Waals surface area contributed by atoms with Gasteiger partial charge in [-0.05, 0) is 39.0 Å². The van der Waals surface area contributed by atoms with Crippen LogP contribution in [0.15, 0.2) is 18.2 Å². The molecule has 1 aromatic carbocycles. The van der Waals surface area contributed by atoms with Gasteiger partial charge in [-0.1, -0.05) is 22.9 Å². The Bertz CT molecular complexity index is 1310. The average Bonchev–Trinajstić information content (AvgIpc) is 3.43. The third-order valence-electron chi connectivity index (χ3n) is 5.39. The molecule has 38 heavy (non-hydrogen) atoms. The second-order valence-corrected chi connectivity index (χ2v) is 9.96. The highest BCUT2D eigenvalue weighted by Gasteiger charge is 2.38. The van der Waals surface area contributed by atoms with E-state index < -0.39 is 18.1 Å². The second-order valence-electron chi connectivity index (χ2n) is 8.60. The van der Waals surface area contributed by atoms with Crippen molar-refractivity contribution in [2.45, 2.75) is 52.4 Å². The summed E-state index contributed by atoms with van der Waals surface area (Å²) in [6, 6.07) is 5.61. The third kappa shape index (κ3) is 7.42. The maximum atomic E-state index is 10.9. The molecule has 0 fully saturated rings. The smallest absolute Gasteiger partial charge is 0.489 e. The predicted molar refractivity (Wildman–Crippen MR) is 133 cm³/mol. The second kappa shape index (κ2) is 12.1. The minimum atomic E-state index is -5.08. The summed E-state index contributed by atoms with van der Waals surface area (Å²) in [5.41, 5.74) is 4.07. The van der Waals surface area contributed by atoms with Crippen LogP contribution in [0.4, 0.5) is 13.2 Å². The van der Waals surface area contributed by atoms with Gasteiger partial charge in [-0.2, -0.15) is 18.3 Å². The van der Waals surface area contributed by atoms with Crippen LogP contribution in [-0.2, 0) is 22.6 Å². The number of ether oxygens (including phenoxy) is 1. The van der Waals surface area contributed by atoms with Gasteiger partial charge in [0, 0.05) is 42.9 Å². The highest BCUT2D eigenvalue weighted by molar-refractivity contribution is 7.17. The van der Waals surface area contributed by atoms with Crippen molar-refractivity contribution in [1.29, 1.82) is 0 Å². The number of fused-ring (bicyclic) bond motifs is 1. The Hall–Kier alpha value is -3.23. The number of alkyl halides is 3. The quantitative estimate of drug-likeness (QED) is 0.415. The molecule has 0 radical (unpaired) electrons. The molecule has 1 aliphatic rings. The molecule has 0 atom stereocenters. The summed E-state index contributed by atoms with van der Waals surface area (Å²) in [4.78, 5) is 21.9. The molecular formula is C23H25ClF3N5O5S. The largest absolute Gasteiger partial charge is 0.490 e. The highest BCUT2D eigenvalue weighted by Crippen LogP contribution is 2.34. The van der Waals surface area contributed by atoms with Gasteiger partial charge in [0.15, 0.2) is 0 Å². The van der Waals surface area contributed by atoms with Crippen molar-refractivity contribution in [2.24, 2.45) is 0 Å². The number of carbonyl (C=O) groups is 2. The number of hydrogen-bond acceptors (Lipinski definition) is 8. The summed E-state index contributed by atoms with van der Waals surface area (Å²) < 4.78 is 39.3. The van der Waals surface area contributed by atoms with Crippen LogP contribution in [0.3, 0.4) is 0 Å². The van der Waals surface area contributed by atoms with Gasteiger partial charge in [0.25, 0.3) is 0 Å². The number of rotatable bonds is 7. The van der Waals surface area contributed by atoms with Crippen molar-refractivity contribution < 1.29 is 37.7 Å². The van der Waals surface area contributed by atoms with Crippen molar-refractivity contribution in [3.63, 3.8) is 0 Å². The van der Waals surface area contributed by atoms with Crippen LogP contribution >= 0.6 is 22.9 Å². The zero-order valence-corrected chi connectivity index (χ0v) is 22.2. The van der Waals surface area contributed by atoms with E-state index >= 15 is 0 Å². The minimum absolute atomic E-state index is 0.0466. The maximum absolute atomic E-state index is 10.9. The van der Waals surface area contributed by atoms with Crippen molar-refractivity contribution in [3.05, 3.63) is 40.2 Å². The van der Waals surface area contributed by atoms with Crippen LogP contribution in [0.1, 0.15) is 37.2 Å². The minimum Gasteiger partial charge on any atom is -0.489 e. The van der Waals surface area contributed by atoms with Gasteiger partial charge in [0.05, 0.1) is 23.2 Å². The number of carboxylic acid groups (broad SMARTS) is 2. The van der Waals surface area contributed by atoms with E-state index in [-0.39, 0.29) is 12.5 Å². The predicted octanol–water partition coefficient (Wildman–Crippen LogP) is 4.61. The summed E-state index contributed by atoms with van der Waals surface area (Å²) in [5, 5.41) is 31.5. The number of benzene rings is 1. The molecule has 2 N–H and O–H groups in total. The first kappa shape index (κ1) is 29.3. The van der Waals surface area contributed by atoms with Crippen molar-refractivity contribution in [1.82, 2.24) is 24.9 Å². The molecule has 10 nitrogen and oxygen atoms in total. The van der Waals surface area contributed by atoms with Crippen LogP contribution in [0.5, 0.6) is 5.75 Å². The molecule has 3 heterocycles. The molecule has 206 valence electrons. The third-order valence-corrected chi connectivity index (χ3v) is 6.63. The van der Waals surface area contributed by atoms with E-state index in [1.165, 1.54) is 11.3 Å². The van der Waals surface area contributed by atoms with E-state index in [1.807, 2.05) is 43.7 Å². The number of carboxylic acids is 2. The SMILES string of the molecule is Cc1c2c(nn1-c1nnc(-c3ccc(OC(C)C)c(Cl)c3)s1)CCN(CCC(=O)O)C2.O=C(O)C(F)(F)F. The van der Waals surface area contributed by atoms with Crippen LogP contribution in [0, 0.1) is 6.92 Å². The first-order valence-electron chi connectivity index (χ1n) is 11.4. The lowest BCUT2D eigenvalue weighted by Crippen LogP contribution is -2.32. The lowest BCUT2D eigenvalue weighted by Gasteiger charge is -2.25. The number of aromatic nitrogens is 4. The summed E-state index contributed by atoms with van der Waals surface area (Å²) in [7, 11) is 0. The topological polar surface area (TPSA) is 131 Å². The van der Waals surface area contributed by atoms with Crippen LogP contribution in [0.2, 0.25) is 5.02 Å². The molecule has 4 rings (SSSR count). The summed E-state index contributed by atoms with van der Waals surface area (Å²) in [6.45, 7) is 7.98. The molecule has 0 unspecified atom stereocenters. The summed E-state index contributed by atoms with van der Waals surface area (Å²) in [6.07, 6.45) is -4.10. The normalized spacial score (nSPS) is 13.6. The Morgan fingerprint density at radius 2 is 1.92 bits per heavy atom. The fraction of sp³-hybridized carbons (Fsp3) is 0.435. The van der Waals surface area contributed by atoms with Gasteiger partial charge in [-0.25, -0.2) is 9.48 Å². The van der Waals surface area contributed by atoms with Gasteiger partial charge in [0.2, 0.25) is 5.13 Å². The molecule has 0 saturated heterocycles. The first-order valence-corrected chi connectivity index (χ1v) is 12.6. The first-order chi connectivity index (χ1) is 17.8. The number of halogens is 4. The Kier molecular flexibility index (Phi) is 9.33. The molecule has 15 heteroatoms. The molecule has 0 amide bonds. The molecule has 1 aliphatic heterocycles. The number of aliphatic carboxylic acids is 2. The van der Waals surface area contributed by atoms with Crippen LogP contribution in [0.25, 0.3) is 15.7 Å². The number of hydrogen-bond donors (Lipinski definition) is 2. The van der Waals surface area contributed by atoms with Gasteiger partial charge >= 0.3 is 18.1 Å². The monoisotopic (exact) mass is 575 g/mol. The van der Waals surface area contributed by atoms with Crippen molar-refractivity contribution in [2.75, 3.05) is 13.1 Å². The van der Waals surface area contributed by atoms with E-state index in [4.69, 9.17) is 36.4 Å². The van der Waals surface area contributed by atoms with E-state index in [2.05, 4.69) is 15.1 Å². The summed E-state index contributed by atoms with van der Waals surface area (Å²) >= 11 is 7.82. The Morgan fingerprint density at radius 3 is 2.50 bits per heavy atom. The molecule has 2 aromatic heterocycles. The average molecular weight is 576 g/mol. The zero-order valence-electron chi connectivity index (χ0n) is 20.6. The fourth-order valence-corrected chi connectivity index (χ4v) is 4.67. The van der Waals surface area contributed by atoms with Gasteiger partial charge in [0.1, 0.15) is 10.8 Å². The van der Waals surface area contributed by atoms with E-state index in [1.54, 1.807) is 0 Å². The molecule has 0 aliphatic carbocycles. The van der Waals surface area contributed by atoms with E-state index in [9.17, 15) is 18.0 Å².